The molecule has 8 heteroatoms. The lowest BCUT2D eigenvalue weighted by atomic mass is 10.4. The van der Waals surface area contributed by atoms with Gasteiger partial charge in [-0.05, 0) is 34.5 Å². The normalized spacial score (nSPS) is 12.9. The van der Waals surface area contributed by atoms with E-state index in [0.29, 0.717) is 10.7 Å². The van der Waals surface area contributed by atoms with E-state index in [1.807, 2.05) is 0 Å². The predicted molar refractivity (Wildman–Crippen MR) is 69.2 cm³/mol. The molecule has 0 saturated carbocycles. The quantitative estimate of drug-likeness (QED) is 0.807. The van der Waals surface area contributed by atoms with Gasteiger partial charge in [-0.1, -0.05) is 19.1 Å². The molecule has 1 aromatic rings. The van der Waals surface area contributed by atoms with Crippen molar-refractivity contribution in [3.63, 3.8) is 0 Å². The Bertz CT molecular complexity index is 531. The molecule has 19 heavy (non-hydrogen) atoms. The maximum atomic E-state index is 12.5. The number of nitrogens with zero attached hydrogens (tertiary/aromatic N) is 1. The molecule has 0 heterocycles. The molecule has 0 aliphatic carbocycles. The summed E-state index contributed by atoms with van der Waals surface area (Å²) in [6.45, 7) is -0.0351. The van der Waals surface area contributed by atoms with Crippen LogP contribution in [0.2, 0.25) is 0 Å². The minimum absolute atomic E-state index is 0.160. The van der Waals surface area contributed by atoms with Gasteiger partial charge >= 0.3 is 6.18 Å². The summed E-state index contributed by atoms with van der Waals surface area (Å²) in [5.74, 6) is 0. The van der Waals surface area contributed by atoms with Gasteiger partial charge in [-0.15, -0.1) is 0 Å². The second kappa shape index (κ2) is 6.23. The van der Waals surface area contributed by atoms with E-state index in [4.69, 9.17) is 0 Å². The fraction of sp³-hybridized carbons (Fsp3) is 0.455. The minimum atomic E-state index is -4.57. The standard InChI is InChI=1S/C11H13BrF3NO2S/c1-2-7-16(8-11(13,14)15)19(17,18)10-6-4-3-5-9(10)12/h3-6H,2,7-8H2,1H3. The van der Waals surface area contributed by atoms with E-state index in [0.717, 1.165) is 0 Å². The van der Waals surface area contributed by atoms with E-state index in [2.05, 4.69) is 15.9 Å². The zero-order valence-electron chi connectivity index (χ0n) is 10.1. The van der Waals surface area contributed by atoms with Crippen LogP contribution in [0.15, 0.2) is 33.6 Å². The molecule has 0 unspecified atom stereocenters. The number of halogens is 4. The Morgan fingerprint density at radius 1 is 1.26 bits per heavy atom. The van der Waals surface area contributed by atoms with E-state index in [-0.39, 0.29) is 15.9 Å². The molecular weight excluding hydrogens is 347 g/mol. The minimum Gasteiger partial charge on any atom is -0.207 e. The molecule has 0 radical (unpaired) electrons. The fourth-order valence-corrected chi connectivity index (χ4v) is 4.01. The van der Waals surface area contributed by atoms with Crippen LogP contribution in [0, 0.1) is 0 Å². The summed E-state index contributed by atoms with van der Waals surface area (Å²) in [5.41, 5.74) is 0. The van der Waals surface area contributed by atoms with Crippen molar-refractivity contribution in [3.05, 3.63) is 28.7 Å². The van der Waals surface area contributed by atoms with Crippen LogP contribution in [0.1, 0.15) is 13.3 Å². The zero-order valence-corrected chi connectivity index (χ0v) is 12.5. The van der Waals surface area contributed by atoms with Gasteiger partial charge in [0.05, 0.1) is 4.90 Å². The molecule has 3 nitrogen and oxygen atoms in total. The Hall–Kier alpha value is -0.600. The third-order valence-corrected chi connectivity index (χ3v) is 5.14. The van der Waals surface area contributed by atoms with Crippen molar-refractivity contribution < 1.29 is 21.6 Å². The number of alkyl halides is 3. The van der Waals surface area contributed by atoms with Gasteiger partial charge in [-0.25, -0.2) is 8.42 Å². The molecule has 0 atom stereocenters. The van der Waals surface area contributed by atoms with E-state index in [1.54, 1.807) is 13.0 Å². The summed E-state index contributed by atoms with van der Waals surface area (Å²) in [4.78, 5) is -0.160. The average Bonchev–Trinajstić information content (AvgIpc) is 2.27. The Kier molecular flexibility index (Phi) is 5.40. The zero-order chi connectivity index (χ0) is 14.7. The second-order valence-corrected chi connectivity index (χ2v) is 6.64. The van der Waals surface area contributed by atoms with Gasteiger partial charge in [0.25, 0.3) is 0 Å². The maximum Gasteiger partial charge on any atom is 0.402 e. The Morgan fingerprint density at radius 3 is 2.32 bits per heavy atom. The molecule has 0 aliphatic rings. The first-order valence-corrected chi connectivity index (χ1v) is 7.73. The molecule has 0 N–H and O–H groups in total. The molecule has 108 valence electrons. The molecule has 0 fully saturated rings. The third-order valence-electron chi connectivity index (χ3n) is 2.28. The van der Waals surface area contributed by atoms with Crippen molar-refractivity contribution >= 4 is 26.0 Å². The summed E-state index contributed by atoms with van der Waals surface area (Å²) in [6.07, 6.45) is -4.26. The van der Waals surface area contributed by atoms with Crippen LogP contribution in [-0.4, -0.2) is 32.0 Å². The number of hydrogen-bond donors (Lipinski definition) is 0. The van der Waals surface area contributed by atoms with Crippen LogP contribution < -0.4 is 0 Å². The summed E-state index contributed by atoms with van der Waals surface area (Å²) in [7, 11) is -4.16. The highest BCUT2D eigenvalue weighted by atomic mass is 79.9. The van der Waals surface area contributed by atoms with Crippen LogP contribution in [-0.2, 0) is 10.0 Å². The highest BCUT2D eigenvalue weighted by molar-refractivity contribution is 9.10. The highest BCUT2D eigenvalue weighted by Crippen LogP contribution is 2.27. The highest BCUT2D eigenvalue weighted by Gasteiger charge is 2.37. The van der Waals surface area contributed by atoms with Gasteiger partial charge in [-0.2, -0.15) is 17.5 Å². The SMILES string of the molecule is CCCN(CC(F)(F)F)S(=O)(=O)c1ccccc1Br. The molecule has 0 aromatic heterocycles. The lowest BCUT2D eigenvalue weighted by Crippen LogP contribution is -2.39. The van der Waals surface area contributed by atoms with Crippen LogP contribution in [0.4, 0.5) is 13.2 Å². The number of rotatable bonds is 5. The van der Waals surface area contributed by atoms with Crippen LogP contribution in [0.5, 0.6) is 0 Å². The largest absolute Gasteiger partial charge is 0.402 e. The predicted octanol–water partition coefficient (Wildman–Crippen LogP) is 3.41. The first kappa shape index (κ1) is 16.5. The summed E-state index contributed by atoms with van der Waals surface area (Å²) in [6, 6.07) is 5.81. The van der Waals surface area contributed by atoms with Crippen LogP contribution in [0.25, 0.3) is 0 Å². The van der Waals surface area contributed by atoms with Crippen molar-refractivity contribution in [2.45, 2.75) is 24.4 Å². The maximum absolute atomic E-state index is 12.5. The van der Waals surface area contributed by atoms with Gasteiger partial charge in [-0.3, -0.25) is 0 Å². The van der Waals surface area contributed by atoms with Crippen molar-refractivity contribution in [2.24, 2.45) is 0 Å². The van der Waals surface area contributed by atoms with Crippen molar-refractivity contribution in [2.75, 3.05) is 13.1 Å². The second-order valence-electron chi connectivity index (χ2n) is 3.88. The molecular formula is C11H13BrF3NO2S. The molecule has 1 rings (SSSR count). The fourth-order valence-electron chi connectivity index (χ4n) is 1.53. The molecule has 0 saturated heterocycles. The Labute approximate surface area is 118 Å². The topological polar surface area (TPSA) is 37.4 Å². The molecule has 0 spiro atoms. The van der Waals surface area contributed by atoms with Gasteiger partial charge in [0.2, 0.25) is 10.0 Å². The summed E-state index contributed by atoms with van der Waals surface area (Å²) >= 11 is 3.04. The van der Waals surface area contributed by atoms with Crippen LogP contribution >= 0.6 is 15.9 Å². The van der Waals surface area contributed by atoms with Crippen LogP contribution in [0.3, 0.4) is 0 Å². The average molecular weight is 360 g/mol. The first-order chi connectivity index (χ1) is 8.68. The van der Waals surface area contributed by atoms with Crippen molar-refractivity contribution in [1.29, 1.82) is 0 Å². The van der Waals surface area contributed by atoms with E-state index in [1.165, 1.54) is 18.2 Å². The first-order valence-electron chi connectivity index (χ1n) is 5.50. The third kappa shape index (κ3) is 4.47. The Balaban J connectivity index is 3.17. The van der Waals surface area contributed by atoms with Crippen molar-refractivity contribution in [1.82, 2.24) is 4.31 Å². The van der Waals surface area contributed by atoms with E-state index < -0.39 is 22.7 Å². The molecule has 0 amide bonds. The van der Waals surface area contributed by atoms with E-state index >= 15 is 0 Å². The smallest absolute Gasteiger partial charge is 0.207 e. The number of sulfonamides is 1. The molecule has 1 aromatic carbocycles. The van der Waals surface area contributed by atoms with Gasteiger partial charge in [0.15, 0.2) is 0 Å². The lowest BCUT2D eigenvalue weighted by Gasteiger charge is -2.23. The number of benzene rings is 1. The van der Waals surface area contributed by atoms with Gasteiger partial charge in [0.1, 0.15) is 6.54 Å². The monoisotopic (exact) mass is 359 g/mol. The van der Waals surface area contributed by atoms with Gasteiger partial charge < -0.3 is 0 Å². The van der Waals surface area contributed by atoms with Crippen molar-refractivity contribution in [3.8, 4) is 0 Å². The van der Waals surface area contributed by atoms with Gasteiger partial charge in [0, 0.05) is 11.0 Å². The Morgan fingerprint density at radius 2 is 1.84 bits per heavy atom. The molecule has 0 aliphatic heterocycles. The lowest BCUT2D eigenvalue weighted by molar-refractivity contribution is -0.136. The molecule has 0 bridgehead atoms. The van der Waals surface area contributed by atoms with E-state index in [9.17, 15) is 21.6 Å². The summed E-state index contributed by atoms with van der Waals surface area (Å²) in [5, 5.41) is 0. The number of hydrogen-bond acceptors (Lipinski definition) is 2. The summed E-state index contributed by atoms with van der Waals surface area (Å²) < 4.78 is 62.5.